The van der Waals surface area contributed by atoms with Gasteiger partial charge in [0, 0.05) is 18.4 Å². The number of benzene rings is 2. The monoisotopic (exact) mass is 373 g/mol. The first-order valence-electron chi connectivity index (χ1n) is 9.57. The molecular weight excluding hydrogens is 350 g/mol. The Morgan fingerprint density at radius 1 is 1.14 bits per heavy atom. The first-order valence-corrected chi connectivity index (χ1v) is 9.57. The predicted molar refractivity (Wildman–Crippen MR) is 108 cm³/mol. The van der Waals surface area contributed by atoms with Crippen molar-refractivity contribution in [3.63, 3.8) is 0 Å². The Hall–Kier alpha value is -3.05. The zero-order chi connectivity index (χ0) is 19.5. The van der Waals surface area contributed by atoms with Crippen LogP contribution in [0.2, 0.25) is 0 Å². The number of hydrogen-bond acceptors (Lipinski definition) is 4. The number of carbonyl (C=O) groups is 1. The molecule has 3 aromatic rings. The van der Waals surface area contributed by atoms with Gasteiger partial charge >= 0.3 is 5.97 Å². The van der Waals surface area contributed by atoms with Crippen LogP contribution in [0.15, 0.2) is 60.8 Å². The van der Waals surface area contributed by atoms with Gasteiger partial charge in [-0.2, -0.15) is 0 Å². The molecule has 4 rings (SSSR count). The number of hydrogen-bond donors (Lipinski definition) is 1. The lowest BCUT2D eigenvalue weighted by Crippen LogP contribution is -2.24. The Bertz CT molecular complexity index is 985. The van der Waals surface area contributed by atoms with Crippen LogP contribution in [0.4, 0.5) is 0 Å². The number of carboxylic acid groups (broad SMARTS) is 1. The molecule has 5 nitrogen and oxygen atoms in total. The van der Waals surface area contributed by atoms with Crippen molar-refractivity contribution in [2.75, 3.05) is 6.54 Å². The van der Waals surface area contributed by atoms with Crippen molar-refractivity contribution in [2.24, 2.45) is 0 Å². The Morgan fingerprint density at radius 2 is 1.93 bits per heavy atom. The van der Waals surface area contributed by atoms with Gasteiger partial charge in [-0.1, -0.05) is 42.5 Å². The van der Waals surface area contributed by atoms with Crippen LogP contribution >= 0.6 is 0 Å². The van der Waals surface area contributed by atoms with Gasteiger partial charge in [-0.05, 0) is 55.1 Å². The van der Waals surface area contributed by atoms with Gasteiger partial charge in [0.1, 0.15) is 5.82 Å². The van der Waals surface area contributed by atoms with Crippen molar-refractivity contribution in [2.45, 2.75) is 32.4 Å². The van der Waals surface area contributed by atoms with Crippen molar-refractivity contribution in [3.8, 4) is 11.1 Å². The third-order valence-electron chi connectivity index (χ3n) is 5.28. The maximum Gasteiger partial charge on any atom is 0.336 e. The Kier molecular flexibility index (Phi) is 5.17. The van der Waals surface area contributed by atoms with Crippen LogP contribution in [0.3, 0.4) is 0 Å². The fourth-order valence-electron chi connectivity index (χ4n) is 3.88. The molecule has 0 bridgehead atoms. The zero-order valence-corrected chi connectivity index (χ0v) is 15.9. The quantitative estimate of drug-likeness (QED) is 0.714. The smallest absolute Gasteiger partial charge is 0.336 e. The largest absolute Gasteiger partial charge is 0.478 e. The summed E-state index contributed by atoms with van der Waals surface area (Å²) in [7, 11) is 0. The van der Waals surface area contributed by atoms with Crippen LogP contribution in [0.1, 0.15) is 46.3 Å². The summed E-state index contributed by atoms with van der Waals surface area (Å²) in [5, 5.41) is 9.41. The van der Waals surface area contributed by atoms with E-state index in [0.29, 0.717) is 5.56 Å². The van der Waals surface area contributed by atoms with E-state index in [9.17, 15) is 9.90 Å². The van der Waals surface area contributed by atoms with Crippen LogP contribution in [-0.2, 0) is 6.54 Å². The van der Waals surface area contributed by atoms with E-state index >= 15 is 0 Å². The highest BCUT2D eigenvalue weighted by molar-refractivity contribution is 5.95. The van der Waals surface area contributed by atoms with E-state index in [1.165, 1.54) is 5.56 Å². The molecule has 1 aliphatic rings. The van der Waals surface area contributed by atoms with Gasteiger partial charge in [0.25, 0.3) is 0 Å². The first kappa shape index (κ1) is 18.3. The average Bonchev–Trinajstić information content (AvgIpc) is 3.17. The molecule has 142 valence electrons. The first-order chi connectivity index (χ1) is 13.6. The van der Waals surface area contributed by atoms with Gasteiger partial charge in [0.05, 0.1) is 11.6 Å². The number of aryl methyl sites for hydroxylation is 1. The summed E-state index contributed by atoms with van der Waals surface area (Å²) in [6.45, 7) is 3.87. The van der Waals surface area contributed by atoms with Crippen LogP contribution in [0.25, 0.3) is 11.1 Å². The number of aromatic carboxylic acids is 1. The van der Waals surface area contributed by atoms with Gasteiger partial charge < -0.3 is 5.11 Å². The number of aromatic nitrogens is 2. The molecule has 1 aromatic heterocycles. The molecule has 0 amide bonds. The highest BCUT2D eigenvalue weighted by atomic mass is 16.4. The van der Waals surface area contributed by atoms with Gasteiger partial charge in [0.15, 0.2) is 0 Å². The van der Waals surface area contributed by atoms with Gasteiger partial charge in [-0.3, -0.25) is 4.90 Å². The van der Waals surface area contributed by atoms with E-state index < -0.39 is 5.97 Å². The van der Waals surface area contributed by atoms with Crippen molar-refractivity contribution in [1.29, 1.82) is 0 Å². The minimum atomic E-state index is -0.905. The van der Waals surface area contributed by atoms with Crippen LogP contribution < -0.4 is 0 Å². The predicted octanol–water partition coefficient (Wildman–Crippen LogP) is 4.49. The van der Waals surface area contributed by atoms with E-state index in [2.05, 4.69) is 27.0 Å². The highest BCUT2D eigenvalue weighted by Crippen LogP contribution is 2.32. The number of likely N-dealkylation sites (tertiary alicyclic amines) is 1. The van der Waals surface area contributed by atoms with Crippen molar-refractivity contribution in [1.82, 2.24) is 14.9 Å². The minimum absolute atomic E-state index is 0.257. The Morgan fingerprint density at radius 3 is 2.68 bits per heavy atom. The minimum Gasteiger partial charge on any atom is -0.478 e. The number of nitrogens with zero attached hydrogens (tertiary/aromatic N) is 3. The van der Waals surface area contributed by atoms with Gasteiger partial charge in [-0.25, -0.2) is 14.8 Å². The molecule has 0 aliphatic carbocycles. The molecule has 28 heavy (non-hydrogen) atoms. The Labute approximate surface area is 164 Å². The van der Waals surface area contributed by atoms with E-state index in [4.69, 9.17) is 0 Å². The molecule has 5 heteroatoms. The average molecular weight is 373 g/mol. The van der Waals surface area contributed by atoms with Gasteiger partial charge in [0.2, 0.25) is 0 Å². The third-order valence-corrected chi connectivity index (χ3v) is 5.28. The standard InChI is InChI=1S/C23H23N3O2/c1-16-12-13-24-22(25-16)21-7-4-14-26(21)15-17-8-10-18(11-9-17)19-5-2-3-6-20(19)23(27)28/h2-3,5-6,8-13,21H,4,7,14-15H2,1H3,(H,27,28). The summed E-state index contributed by atoms with van der Waals surface area (Å²) in [6, 6.07) is 17.5. The molecule has 1 aliphatic heterocycles. The molecule has 1 atom stereocenters. The summed E-state index contributed by atoms with van der Waals surface area (Å²) in [5.74, 6) is 0.00208. The molecule has 0 spiro atoms. The zero-order valence-electron chi connectivity index (χ0n) is 15.9. The van der Waals surface area contributed by atoms with Crippen molar-refractivity contribution >= 4 is 5.97 Å². The fourth-order valence-corrected chi connectivity index (χ4v) is 3.88. The molecule has 0 saturated carbocycles. The summed E-state index contributed by atoms with van der Waals surface area (Å²) >= 11 is 0. The van der Waals surface area contributed by atoms with Crippen molar-refractivity contribution in [3.05, 3.63) is 83.4 Å². The number of rotatable bonds is 5. The van der Waals surface area contributed by atoms with E-state index in [1.54, 1.807) is 12.1 Å². The van der Waals surface area contributed by atoms with E-state index in [-0.39, 0.29) is 6.04 Å². The van der Waals surface area contributed by atoms with Gasteiger partial charge in [-0.15, -0.1) is 0 Å². The second kappa shape index (κ2) is 7.90. The molecule has 2 aromatic carbocycles. The molecule has 1 N–H and O–H groups in total. The summed E-state index contributed by atoms with van der Waals surface area (Å²) in [5.41, 5.74) is 4.19. The van der Waals surface area contributed by atoms with Crippen LogP contribution in [-0.4, -0.2) is 32.5 Å². The van der Waals surface area contributed by atoms with E-state index in [0.717, 1.165) is 48.6 Å². The maximum atomic E-state index is 11.5. The summed E-state index contributed by atoms with van der Waals surface area (Å²) in [6.07, 6.45) is 4.06. The lowest BCUT2D eigenvalue weighted by molar-refractivity contribution is 0.0697. The SMILES string of the molecule is Cc1ccnc(C2CCCN2Cc2ccc(-c3ccccc3C(=O)O)cc2)n1. The third kappa shape index (κ3) is 3.80. The Balaban J connectivity index is 1.53. The second-order valence-corrected chi connectivity index (χ2v) is 7.23. The lowest BCUT2D eigenvalue weighted by atomic mass is 9.98. The summed E-state index contributed by atoms with van der Waals surface area (Å²) < 4.78 is 0. The molecule has 1 unspecified atom stereocenters. The van der Waals surface area contributed by atoms with E-state index in [1.807, 2.05) is 43.5 Å². The molecule has 0 radical (unpaired) electrons. The molecule has 1 saturated heterocycles. The van der Waals surface area contributed by atoms with Crippen molar-refractivity contribution < 1.29 is 9.90 Å². The highest BCUT2D eigenvalue weighted by Gasteiger charge is 2.28. The van der Waals surface area contributed by atoms with Crippen LogP contribution in [0.5, 0.6) is 0 Å². The maximum absolute atomic E-state index is 11.5. The van der Waals surface area contributed by atoms with Crippen LogP contribution in [0, 0.1) is 6.92 Å². The normalized spacial score (nSPS) is 17.0. The lowest BCUT2D eigenvalue weighted by Gasteiger charge is -2.23. The second-order valence-electron chi connectivity index (χ2n) is 7.23. The summed E-state index contributed by atoms with van der Waals surface area (Å²) in [4.78, 5) is 23.0. The topological polar surface area (TPSA) is 66.3 Å². The molecular formula is C23H23N3O2. The number of carboxylic acids is 1. The molecule has 2 heterocycles. The molecule has 1 fully saturated rings. The fraction of sp³-hybridized carbons (Fsp3) is 0.261.